The SMILES string of the molecule is COc1ccc(C(C)C)cc1-c1nc(C)[nH]c1CCN. The fraction of sp³-hybridized carbons (Fsp3) is 0.438. The molecule has 0 aliphatic carbocycles. The second-order valence-electron chi connectivity index (χ2n) is 5.30. The van der Waals surface area contributed by atoms with E-state index in [-0.39, 0.29) is 0 Å². The number of methoxy groups -OCH3 is 1. The first-order chi connectivity index (χ1) is 9.56. The third-order valence-corrected chi connectivity index (χ3v) is 3.44. The Hall–Kier alpha value is -1.81. The number of ether oxygens (including phenoxy) is 1. The van der Waals surface area contributed by atoms with E-state index in [4.69, 9.17) is 10.5 Å². The van der Waals surface area contributed by atoms with Crippen molar-refractivity contribution in [1.82, 2.24) is 9.97 Å². The highest BCUT2D eigenvalue weighted by Gasteiger charge is 2.15. The number of benzene rings is 1. The molecule has 108 valence electrons. The lowest BCUT2D eigenvalue weighted by Crippen LogP contribution is -2.04. The van der Waals surface area contributed by atoms with Gasteiger partial charge in [-0.1, -0.05) is 19.9 Å². The molecule has 1 aromatic carbocycles. The zero-order chi connectivity index (χ0) is 14.7. The molecule has 2 aromatic rings. The van der Waals surface area contributed by atoms with Crippen molar-refractivity contribution in [3.8, 4) is 17.0 Å². The average Bonchev–Trinajstić information content (AvgIpc) is 2.79. The van der Waals surface area contributed by atoms with Crippen LogP contribution < -0.4 is 10.5 Å². The molecule has 0 radical (unpaired) electrons. The zero-order valence-corrected chi connectivity index (χ0v) is 12.7. The van der Waals surface area contributed by atoms with Crippen molar-refractivity contribution in [2.75, 3.05) is 13.7 Å². The standard InChI is InChI=1S/C16H23N3O/c1-10(2)12-5-6-15(20-4)13(9-12)16-14(7-8-17)18-11(3)19-16/h5-6,9-10H,7-8,17H2,1-4H3,(H,18,19). The average molecular weight is 273 g/mol. The van der Waals surface area contributed by atoms with E-state index in [2.05, 4.69) is 35.9 Å². The molecule has 1 aromatic heterocycles. The molecule has 0 saturated carbocycles. The molecule has 0 saturated heterocycles. The highest BCUT2D eigenvalue weighted by atomic mass is 16.5. The number of aryl methyl sites for hydroxylation is 1. The summed E-state index contributed by atoms with van der Waals surface area (Å²) in [6.45, 7) is 6.92. The molecule has 0 aliphatic heterocycles. The maximum Gasteiger partial charge on any atom is 0.128 e. The van der Waals surface area contributed by atoms with Crippen LogP contribution in [0.5, 0.6) is 5.75 Å². The van der Waals surface area contributed by atoms with Crippen LogP contribution in [0, 0.1) is 6.92 Å². The van der Waals surface area contributed by atoms with Crippen molar-refractivity contribution < 1.29 is 4.74 Å². The van der Waals surface area contributed by atoms with E-state index in [0.717, 1.165) is 34.9 Å². The van der Waals surface area contributed by atoms with Gasteiger partial charge >= 0.3 is 0 Å². The third kappa shape index (κ3) is 2.85. The van der Waals surface area contributed by atoms with Crippen LogP contribution in [0.15, 0.2) is 18.2 Å². The van der Waals surface area contributed by atoms with Crippen molar-refractivity contribution in [2.24, 2.45) is 5.73 Å². The van der Waals surface area contributed by atoms with Crippen LogP contribution in [0.4, 0.5) is 0 Å². The number of rotatable bonds is 5. The van der Waals surface area contributed by atoms with E-state index in [1.807, 2.05) is 13.0 Å². The summed E-state index contributed by atoms with van der Waals surface area (Å²) in [6, 6.07) is 6.29. The van der Waals surface area contributed by atoms with Gasteiger partial charge in [-0.25, -0.2) is 4.98 Å². The first-order valence-electron chi connectivity index (χ1n) is 7.00. The minimum absolute atomic E-state index is 0.470. The second-order valence-corrected chi connectivity index (χ2v) is 5.30. The highest BCUT2D eigenvalue weighted by molar-refractivity contribution is 5.70. The summed E-state index contributed by atoms with van der Waals surface area (Å²) >= 11 is 0. The maximum atomic E-state index is 5.69. The topological polar surface area (TPSA) is 63.9 Å². The van der Waals surface area contributed by atoms with Gasteiger partial charge in [-0.05, 0) is 37.1 Å². The number of hydrogen-bond acceptors (Lipinski definition) is 3. The molecule has 4 nitrogen and oxygen atoms in total. The fourth-order valence-electron chi connectivity index (χ4n) is 2.36. The Morgan fingerprint density at radius 2 is 2.10 bits per heavy atom. The maximum absolute atomic E-state index is 5.69. The first kappa shape index (κ1) is 14.6. The van der Waals surface area contributed by atoms with Gasteiger partial charge in [-0.2, -0.15) is 0 Å². The second kappa shape index (κ2) is 6.09. The molecule has 0 aliphatic rings. The fourth-order valence-corrected chi connectivity index (χ4v) is 2.36. The van der Waals surface area contributed by atoms with E-state index in [0.29, 0.717) is 12.5 Å². The summed E-state index contributed by atoms with van der Waals surface area (Å²) in [7, 11) is 1.69. The Morgan fingerprint density at radius 3 is 2.70 bits per heavy atom. The third-order valence-electron chi connectivity index (χ3n) is 3.44. The lowest BCUT2D eigenvalue weighted by atomic mass is 9.98. The number of nitrogens with two attached hydrogens (primary N) is 1. The molecule has 0 spiro atoms. The van der Waals surface area contributed by atoms with Crippen molar-refractivity contribution in [1.29, 1.82) is 0 Å². The monoisotopic (exact) mass is 273 g/mol. The van der Waals surface area contributed by atoms with Gasteiger partial charge in [0.05, 0.1) is 12.8 Å². The molecule has 4 heteroatoms. The smallest absolute Gasteiger partial charge is 0.128 e. The van der Waals surface area contributed by atoms with Crippen LogP contribution in [-0.2, 0) is 6.42 Å². The zero-order valence-electron chi connectivity index (χ0n) is 12.7. The Labute approximate surface area is 120 Å². The van der Waals surface area contributed by atoms with E-state index < -0.39 is 0 Å². The van der Waals surface area contributed by atoms with Crippen molar-refractivity contribution in [3.05, 3.63) is 35.3 Å². The summed E-state index contributed by atoms with van der Waals surface area (Å²) < 4.78 is 5.49. The molecule has 20 heavy (non-hydrogen) atoms. The Morgan fingerprint density at radius 1 is 1.35 bits per heavy atom. The molecule has 0 fully saturated rings. The highest BCUT2D eigenvalue weighted by Crippen LogP contribution is 2.33. The van der Waals surface area contributed by atoms with E-state index in [9.17, 15) is 0 Å². The van der Waals surface area contributed by atoms with E-state index >= 15 is 0 Å². The number of aromatic amines is 1. The van der Waals surface area contributed by atoms with Gasteiger partial charge in [-0.15, -0.1) is 0 Å². The predicted octanol–water partition coefficient (Wildman–Crippen LogP) is 3.02. The summed E-state index contributed by atoms with van der Waals surface area (Å²) in [6.07, 6.45) is 0.783. The van der Waals surface area contributed by atoms with E-state index in [1.54, 1.807) is 7.11 Å². The number of nitrogens with zero attached hydrogens (tertiary/aromatic N) is 1. The quantitative estimate of drug-likeness (QED) is 0.880. The Kier molecular flexibility index (Phi) is 4.45. The Balaban J connectivity index is 2.57. The van der Waals surface area contributed by atoms with Crippen molar-refractivity contribution in [2.45, 2.75) is 33.1 Å². The van der Waals surface area contributed by atoms with Crippen molar-refractivity contribution >= 4 is 0 Å². The van der Waals surface area contributed by atoms with Gasteiger partial charge in [0, 0.05) is 17.7 Å². The van der Waals surface area contributed by atoms with Gasteiger partial charge in [0.15, 0.2) is 0 Å². The first-order valence-corrected chi connectivity index (χ1v) is 7.00. The van der Waals surface area contributed by atoms with Gasteiger partial charge in [0.1, 0.15) is 11.6 Å². The van der Waals surface area contributed by atoms with Gasteiger partial charge in [0.25, 0.3) is 0 Å². The number of hydrogen-bond donors (Lipinski definition) is 2. The lowest BCUT2D eigenvalue weighted by molar-refractivity contribution is 0.416. The molecule has 0 atom stereocenters. The number of imidazole rings is 1. The molecule has 0 bridgehead atoms. The molecule has 0 unspecified atom stereocenters. The number of aromatic nitrogens is 2. The van der Waals surface area contributed by atoms with Crippen LogP contribution in [0.2, 0.25) is 0 Å². The number of nitrogens with one attached hydrogen (secondary N) is 1. The van der Waals surface area contributed by atoms with Crippen LogP contribution >= 0.6 is 0 Å². The Bertz CT molecular complexity index is 587. The lowest BCUT2D eigenvalue weighted by Gasteiger charge is -2.12. The van der Waals surface area contributed by atoms with Crippen LogP contribution in [0.3, 0.4) is 0 Å². The molecular weight excluding hydrogens is 250 g/mol. The normalized spacial score (nSPS) is 11.1. The van der Waals surface area contributed by atoms with Crippen LogP contribution in [-0.4, -0.2) is 23.6 Å². The van der Waals surface area contributed by atoms with Gasteiger partial charge in [-0.3, -0.25) is 0 Å². The van der Waals surface area contributed by atoms with Gasteiger partial charge in [0.2, 0.25) is 0 Å². The predicted molar refractivity (Wildman–Crippen MR) is 82.2 cm³/mol. The molecule has 0 amide bonds. The molecular formula is C16H23N3O. The van der Waals surface area contributed by atoms with Crippen LogP contribution in [0.1, 0.15) is 36.8 Å². The minimum atomic E-state index is 0.470. The summed E-state index contributed by atoms with van der Waals surface area (Å²) in [5.41, 5.74) is 10.0. The van der Waals surface area contributed by atoms with Crippen molar-refractivity contribution in [3.63, 3.8) is 0 Å². The van der Waals surface area contributed by atoms with E-state index in [1.165, 1.54) is 5.56 Å². The summed E-state index contributed by atoms with van der Waals surface area (Å²) in [5, 5.41) is 0. The summed E-state index contributed by atoms with van der Waals surface area (Å²) in [5.74, 6) is 2.22. The molecule has 2 rings (SSSR count). The largest absolute Gasteiger partial charge is 0.496 e. The minimum Gasteiger partial charge on any atom is -0.496 e. The summed E-state index contributed by atoms with van der Waals surface area (Å²) in [4.78, 5) is 7.91. The number of H-pyrrole nitrogens is 1. The van der Waals surface area contributed by atoms with Crippen LogP contribution in [0.25, 0.3) is 11.3 Å². The molecule has 1 heterocycles. The van der Waals surface area contributed by atoms with Gasteiger partial charge < -0.3 is 15.5 Å². The molecule has 3 N–H and O–H groups in total.